The van der Waals surface area contributed by atoms with Crippen LogP contribution >= 0.6 is 0 Å². The number of aryl methyl sites for hydroxylation is 1. The van der Waals surface area contributed by atoms with E-state index in [1.165, 1.54) is 25.7 Å². The van der Waals surface area contributed by atoms with Crippen molar-refractivity contribution in [3.8, 4) is 0 Å². The standard InChI is InChI=1S/C16H25NO3S/c1-2-14-7-8-16(11-15(14)12-18)21(19,20)17-10-9-13-5-3-4-6-13/h7-8,11,13,17-18H,2-6,9-10,12H2,1H3. The Balaban J connectivity index is 2.01. The molecule has 1 aromatic rings. The minimum absolute atomic E-state index is 0.130. The van der Waals surface area contributed by atoms with E-state index in [-0.39, 0.29) is 11.5 Å². The number of benzene rings is 1. The van der Waals surface area contributed by atoms with Crippen LogP contribution in [0.4, 0.5) is 0 Å². The Hall–Kier alpha value is -0.910. The maximum atomic E-state index is 12.3. The van der Waals surface area contributed by atoms with E-state index in [1.54, 1.807) is 18.2 Å². The molecule has 1 saturated carbocycles. The molecule has 1 fully saturated rings. The summed E-state index contributed by atoms with van der Waals surface area (Å²) in [5, 5.41) is 9.34. The fraction of sp³-hybridized carbons (Fsp3) is 0.625. The van der Waals surface area contributed by atoms with Crippen LogP contribution in [0.3, 0.4) is 0 Å². The van der Waals surface area contributed by atoms with Gasteiger partial charge in [-0.15, -0.1) is 0 Å². The first-order chi connectivity index (χ1) is 10.1. The third kappa shape index (κ3) is 4.28. The molecular weight excluding hydrogens is 286 g/mol. The molecule has 0 bridgehead atoms. The largest absolute Gasteiger partial charge is 0.392 e. The Morgan fingerprint density at radius 3 is 2.57 bits per heavy atom. The smallest absolute Gasteiger partial charge is 0.240 e. The Labute approximate surface area is 127 Å². The van der Waals surface area contributed by atoms with Crippen LogP contribution in [0.25, 0.3) is 0 Å². The number of hydrogen-bond acceptors (Lipinski definition) is 3. The van der Waals surface area contributed by atoms with E-state index in [0.29, 0.717) is 18.0 Å². The molecule has 0 saturated heterocycles. The molecule has 0 spiro atoms. The number of aliphatic hydroxyl groups excluding tert-OH is 1. The molecule has 0 aromatic heterocycles. The fourth-order valence-electron chi connectivity index (χ4n) is 3.04. The lowest BCUT2D eigenvalue weighted by Gasteiger charge is -2.12. The molecule has 21 heavy (non-hydrogen) atoms. The second kappa shape index (κ2) is 7.38. The second-order valence-corrected chi connectivity index (χ2v) is 7.55. The van der Waals surface area contributed by atoms with E-state index in [9.17, 15) is 13.5 Å². The van der Waals surface area contributed by atoms with Crippen LogP contribution in [-0.4, -0.2) is 20.1 Å². The van der Waals surface area contributed by atoms with Crippen molar-refractivity contribution in [1.29, 1.82) is 0 Å². The van der Waals surface area contributed by atoms with Gasteiger partial charge >= 0.3 is 0 Å². The Bertz CT molecular complexity index is 563. The van der Waals surface area contributed by atoms with E-state index in [1.807, 2.05) is 6.92 Å². The van der Waals surface area contributed by atoms with Gasteiger partial charge in [0.05, 0.1) is 11.5 Å². The third-order valence-corrected chi connectivity index (χ3v) is 5.82. The SMILES string of the molecule is CCc1ccc(S(=O)(=O)NCCC2CCCC2)cc1CO. The summed E-state index contributed by atoms with van der Waals surface area (Å²) in [6.45, 7) is 2.36. The minimum Gasteiger partial charge on any atom is -0.392 e. The second-order valence-electron chi connectivity index (χ2n) is 5.78. The van der Waals surface area contributed by atoms with Crippen molar-refractivity contribution in [2.75, 3.05) is 6.54 Å². The molecule has 1 aliphatic rings. The Kier molecular flexibility index (Phi) is 5.79. The third-order valence-electron chi connectivity index (χ3n) is 4.36. The van der Waals surface area contributed by atoms with E-state index in [0.717, 1.165) is 18.4 Å². The molecule has 2 N–H and O–H groups in total. The lowest BCUT2D eigenvalue weighted by atomic mass is 10.1. The monoisotopic (exact) mass is 311 g/mol. The zero-order chi connectivity index (χ0) is 15.3. The highest BCUT2D eigenvalue weighted by Crippen LogP contribution is 2.27. The van der Waals surface area contributed by atoms with Crippen molar-refractivity contribution < 1.29 is 13.5 Å². The average Bonchev–Trinajstić information content (AvgIpc) is 2.99. The highest BCUT2D eigenvalue weighted by atomic mass is 32.2. The molecule has 5 heteroatoms. The van der Waals surface area contributed by atoms with Gasteiger partial charge < -0.3 is 5.11 Å². The van der Waals surface area contributed by atoms with Gasteiger partial charge in [-0.05, 0) is 42.0 Å². The van der Waals surface area contributed by atoms with Crippen LogP contribution in [0.5, 0.6) is 0 Å². The zero-order valence-corrected chi connectivity index (χ0v) is 13.5. The molecule has 2 rings (SSSR count). The van der Waals surface area contributed by atoms with E-state index in [4.69, 9.17) is 0 Å². The first kappa shape index (κ1) is 16.5. The van der Waals surface area contributed by atoms with Crippen molar-refractivity contribution in [2.24, 2.45) is 5.92 Å². The van der Waals surface area contributed by atoms with Gasteiger partial charge in [0.25, 0.3) is 0 Å². The summed E-state index contributed by atoms with van der Waals surface area (Å²) in [4.78, 5) is 0.246. The normalized spacial score (nSPS) is 16.5. The van der Waals surface area contributed by atoms with Gasteiger partial charge in [-0.25, -0.2) is 13.1 Å². The molecule has 1 aliphatic carbocycles. The molecule has 0 aliphatic heterocycles. The van der Waals surface area contributed by atoms with Crippen LogP contribution in [0.15, 0.2) is 23.1 Å². The minimum atomic E-state index is -3.47. The number of hydrogen-bond donors (Lipinski definition) is 2. The number of nitrogens with one attached hydrogen (secondary N) is 1. The van der Waals surface area contributed by atoms with Crippen LogP contribution in [0.1, 0.15) is 50.2 Å². The highest BCUT2D eigenvalue weighted by Gasteiger charge is 2.18. The summed E-state index contributed by atoms with van der Waals surface area (Å²) in [6, 6.07) is 4.99. The van der Waals surface area contributed by atoms with Crippen molar-refractivity contribution in [3.05, 3.63) is 29.3 Å². The molecule has 0 heterocycles. The number of sulfonamides is 1. The van der Waals surface area contributed by atoms with Crippen molar-refractivity contribution in [1.82, 2.24) is 4.72 Å². The molecule has 4 nitrogen and oxygen atoms in total. The van der Waals surface area contributed by atoms with E-state index >= 15 is 0 Å². The molecule has 0 unspecified atom stereocenters. The first-order valence-corrected chi connectivity index (χ1v) is 9.27. The van der Waals surface area contributed by atoms with Gasteiger partial charge in [-0.1, -0.05) is 38.7 Å². The average molecular weight is 311 g/mol. The van der Waals surface area contributed by atoms with Crippen molar-refractivity contribution in [2.45, 2.75) is 57.0 Å². The van der Waals surface area contributed by atoms with Crippen LogP contribution < -0.4 is 4.72 Å². The van der Waals surface area contributed by atoms with Gasteiger partial charge in [0.2, 0.25) is 10.0 Å². The lowest BCUT2D eigenvalue weighted by molar-refractivity contribution is 0.280. The van der Waals surface area contributed by atoms with Gasteiger partial charge in [0.15, 0.2) is 0 Å². The van der Waals surface area contributed by atoms with Crippen LogP contribution in [0, 0.1) is 5.92 Å². The maximum Gasteiger partial charge on any atom is 0.240 e. The van der Waals surface area contributed by atoms with Gasteiger partial charge in [0, 0.05) is 6.54 Å². The zero-order valence-electron chi connectivity index (χ0n) is 12.6. The predicted molar refractivity (Wildman–Crippen MR) is 83.5 cm³/mol. The maximum absolute atomic E-state index is 12.3. The predicted octanol–water partition coefficient (Wildman–Crippen LogP) is 2.60. The number of aliphatic hydroxyl groups is 1. The van der Waals surface area contributed by atoms with Gasteiger partial charge in [-0.3, -0.25) is 0 Å². The summed E-state index contributed by atoms with van der Waals surface area (Å²) in [6.07, 6.45) is 6.69. The Morgan fingerprint density at radius 1 is 1.24 bits per heavy atom. The quantitative estimate of drug-likeness (QED) is 0.813. The van der Waals surface area contributed by atoms with Crippen molar-refractivity contribution in [3.63, 3.8) is 0 Å². The molecule has 118 valence electrons. The van der Waals surface area contributed by atoms with Gasteiger partial charge in [0.1, 0.15) is 0 Å². The van der Waals surface area contributed by atoms with Crippen LogP contribution in [0.2, 0.25) is 0 Å². The van der Waals surface area contributed by atoms with Crippen LogP contribution in [-0.2, 0) is 23.1 Å². The van der Waals surface area contributed by atoms with E-state index in [2.05, 4.69) is 4.72 Å². The topological polar surface area (TPSA) is 66.4 Å². The summed E-state index contributed by atoms with van der Waals surface area (Å²) >= 11 is 0. The summed E-state index contributed by atoms with van der Waals surface area (Å²) in [7, 11) is -3.47. The summed E-state index contributed by atoms with van der Waals surface area (Å²) in [5.74, 6) is 0.670. The molecule has 0 atom stereocenters. The fourth-order valence-corrected chi connectivity index (χ4v) is 4.14. The van der Waals surface area contributed by atoms with Gasteiger partial charge in [-0.2, -0.15) is 0 Å². The number of rotatable bonds is 7. The molecule has 0 radical (unpaired) electrons. The lowest BCUT2D eigenvalue weighted by Crippen LogP contribution is -2.26. The highest BCUT2D eigenvalue weighted by molar-refractivity contribution is 7.89. The summed E-state index contributed by atoms with van der Waals surface area (Å²) in [5.41, 5.74) is 1.68. The first-order valence-electron chi connectivity index (χ1n) is 7.79. The Morgan fingerprint density at radius 2 is 1.95 bits per heavy atom. The molecular formula is C16H25NO3S. The molecule has 1 aromatic carbocycles. The molecule has 0 amide bonds. The van der Waals surface area contributed by atoms with Crippen molar-refractivity contribution >= 4 is 10.0 Å². The van der Waals surface area contributed by atoms with E-state index < -0.39 is 10.0 Å². The summed E-state index contributed by atoms with van der Waals surface area (Å²) < 4.78 is 27.2.